The maximum atomic E-state index is 9.82. The average Bonchev–Trinajstić information content (AvgIpc) is 1.99. The molecule has 0 aromatic rings. The van der Waals surface area contributed by atoms with Crippen LogP contribution in [0.25, 0.3) is 0 Å². The lowest BCUT2D eigenvalue weighted by molar-refractivity contribution is 0.301. The van der Waals surface area contributed by atoms with Crippen LogP contribution in [-0.2, 0) is 4.79 Å². The summed E-state index contributed by atoms with van der Waals surface area (Å²) in [4.78, 5) is 12.1. The molecule has 0 aliphatic carbocycles. The molecule has 0 aliphatic rings. The monoisotopic (exact) mass is 142 g/mol. The minimum absolute atomic E-state index is 0.580. The fourth-order valence-corrected chi connectivity index (χ4v) is 0.915. The van der Waals surface area contributed by atoms with Crippen LogP contribution in [0.4, 0.5) is 0 Å². The highest BCUT2D eigenvalue weighted by Crippen LogP contribution is 1.91. The van der Waals surface area contributed by atoms with Gasteiger partial charge in [0.2, 0.25) is 0 Å². The van der Waals surface area contributed by atoms with Crippen molar-refractivity contribution in [2.75, 3.05) is 19.6 Å². The molecule has 0 N–H and O–H groups in total. The summed E-state index contributed by atoms with van der Waals surface area (Å²) in [6, 6.07) is 0. The Bertz CT molecular complexity index is 79.3. The van der Waals surface area contributed by atoms with Crippen LogP contribution in [0.2, 0.25) is 0 Å². The Morgan fingerprint density at radius 3 is 2.30 bits per heavy atom. The highest BCUT2D eigenvalue weighted by Gasteiger charge is 1.96. The van der Waals surface area contributed by atoms with E-state index in [0.29, 0.717) is 6.42 Å². The Balaban J connectivity index is 3.16. The molecule has 0 unspecified atom stereocenters. The van der Waals surface area contributed by atoms with Gasteiger partial charge in [0.25, 0.3) is 0 Å². The number of hydrogen-bond donors (Lipinski definition) is 0. The zero-order valence-corrected chi connectivity index (χ0v) is 6.89. The molecule has 0 amide bonds. The molecule has 0 spiro atoms. The second kappa shape index (κ2) is 6.75. The Labute approximate surface area is 63.2 Å². The van der Waals surface area contributed by atoms with E-state index in [-0.39, 0.29) is 0 Å². The highest BCUT2D eigenvalue weighted by molar-refractivity contribution is 5.50. The lowest BCUT2D eigenvalue weighted by Gasteiger charge is -2.16. The Hall–Kier alpha value is -0.370. The second-order valence-electron chi connectivity index (χ2n) is 2.27. The van der Waals surface area contributed by atoms with Gasteiger partial charge in [0.15, 0.2) is 6.29 Å². The normalized spacial score (nSPS) is 10.3. The average molecular weight is 142 g/mol. The summed E-state index contributed by atoms with van der Waals surface area (Å²) in [5.41, 5.74) is 0. The minimum Gasteiger partial charge on any atom is -0.304 e. The quantitative estimate of drug-likeness (QED) is 0.520. The lowest BCUT2D eigenvalue weighted by Crippen LogP contribution is -2.23. The Morgan fingerprint density at radius 2 is 1.90 bits per heavy atom. The van der Waals surface area contributed by atoms with E-state index in [1.807, 2.05) is 6.29 Å². The van der Waals surface area contributed by atoms with Crippen molar-refractivity contribution in [3.8, 4) is 0 Å². The first-order valence-electron chi connectivity index (χ1n) is 3.92. The van der Waals surface area contributed by atoms with Gasteiger partial charge in [0.05, 0.1) is 0 Å². The molecule has 10 heavy (non-hydrogen) atoms. The van der Waals surface area contributed by atoms with Gasteiger partial charge in [-0.1, -0.05) is 13.8 Å². The topological polar surface area (TPSA) is 20.3 Å². The third kappa shape index (κ3) is 4.50. The molecule has 2 heteroatoms. The molecular formula is C8H16NO. The predicted molar refractivity (Wildman–Crippen MR) is 42.7 cm³/mol. The Morgan fingerprint density at radius 1 is 1.30 bits per heavy atom. The summed E-state index contributed by atoms with van der Waals surface area (Å²) >= 11 is 0. The number of nitrogens with zero attached hydrogens (tertiary/aromatic N) is 1. The van der Waals surface area contributed by atoms with Crippen molar-refractivity contribution in [2.24, 2.45) is 0 Å². The van der Waals surface area contributed by atoms with E-state index < -0.39 is 0 Å². The summed E-state index contributed by atoms with van der Waals surface area (Å²) in [5, 5.41) is 0. The van der Waals surface area contributed by atoms with E-state index in [2.05, 4.69) is 18.7 Å². The Kier molecular flexibility index (Phi) is 6.50. The summed E-state index contributed by atoms with van der Waals surface area (Å²) in [6.07, 6.45) is 3.42. The molecule has 0 rings (SSSR count). The van der Waals surface area contributed by atoms with Crippen LogP contribution in [0.5, 0.6) is 0 Å². The molecule has 0 aliphatic heterocycles. The van der Waals surface area contributed by atoms with E-state index in [0.717, 1.165) is 26.1 Å². The third-order valence-corrected chi connectivity index (χ3v) is 1.65. The second-order valence-corrected chi connectivity index (χ2v) is 2.27. The zero-order valence-electron chi connectivity index (χ0n) is 6.89. The van der Waals surface area contributed by atoms with Crippen molar-refractivity contribution >= 4 is 6.29 Å². The van der Waals surface area contributed by atoms with E-state index >= 15 is 0 Å². The molecular weight excluding hydrogens is 126 g/mol. The maximum Gasteiger partial charge on any atom is 0.198 e. The van der Waals surface area contributed by atoms with Crippen molar-refractivity contribution in [1.82, 2.24) is 4.90 Å². The van der Waals surface area contributed by atoms with Crippen LogP contribution in [0, 0.1) is 0 Å². The van der Waals surface area contributed by atoms with Crippen LogP contribution >= 0.6 is 0 Å². The molecule has 0 saturated carbocycles. The highest BCUT2D eigenvalue weighted by atomic mass is 16.1. The van der Waals surface area contributed by atoms with Crippen LogP contribution in [0.1, 0.15) is 26.7 Å². The van der Waals surface area contributed by atoms with Crippen molar-refractivity contribution in [2.45, 2.75) is 26.7 Å². The van der Waals surface area contributed by atoms with E-state index in [4.69, 9.17) is 0 Å². The van der Waals surface area contributed by atoms with Crippen LogP contribution in [0.3, 0.4) is 0 Å². The van der Waals surface area contributed by atoms with Gasteiger partial charge in [-0.15, -0.1) is 0 Å². The largest absolute Gasteiger partial charge is 0.304 e. The summed E-state index contributed by atoms with van der Waals surface area (Å²) < 4.78 is 0. The van der Waals surface area contributed by atoms with E-state index in [1.54, 1.807) is 0 Å². The molecule has 1 radical (unpaired) electrons. The molecule has 0 aromatic carbocycles. The summed E-state index contributed by atoms with van der Waals surface area (Å²) in [6.45, 7) is 7.45. The van der Waals surface area contributed by atoms with Gasteiger partial charge >= 0.3 is 0 Å². The molecule has 0 atom stereocenters. The van der Waals surface area contributed by atoms with Crippen LogP contribution < -0.4 is 0 Å². The first-order valence-corrected chi connectivity index (χ1v) is 3.92. The van der Waals surface area contributed by atoms with Gasteiger partial charge in [0.1, 0.15) is 0 Å². The smallest absolute Gasteiger partial charge is 0.198 e. The summed E-state index contributed by atoms with van der Waals surface area (Å²) in [5.74, 6) is 0. The van der Waals surface area contributed by atoms with Gasteiger partial charge in [-0.25, -0.2) is 0 Å². The van der Waals surface area contributed by atoms with Crippen molar-refractivity contribution in [3.63, 3.8) is 0 Å². The maximum absolute atomic E-state index is 9.82. The third-order valence-electron chi connectivity index (χ3n) is 1.65. The molecule has 0 aromatic heterocycles. The number of rotatable bonds is 6. The van der Waals surface area contributed by atoms with Gasteiger partial charge < -0.3 is 4.90 Å². The van der Waals surface area contributed by atoms with Crippen LogP contribution in [-0.4, -0.2) is 30.8 Å². The molecule has 0 bridgehead atoms. The van der Waals surface area contributed by atoms with Gasteiger partial charge in [-0.2, -0.15) is 0 Å². The molecule has 0 saturated heterocycles. The first kappa shape index (κ1) is 9.63. The molecule has 0 fully saturated rings. The van der Waals surface area contributed by atoms with E-state index in [9.17, 15) is 4.79 Å². The lowest BCUT2D eigenvalue weighted by atomic mass is 10.3. The van der Waals surface area contributed by atoms with Gasteiger partial charge in [-0.05, 0) is 26.1 Å². The number of hydrogen-bond acceptors (Lipinski definition) is 2. The van der Waals surface area contributed by atoms with Crippen molar-refractivity contribution < 1.29 is 4.79 Å². The zero-order chi connectivity index (χ0) is 7.82. The predicted octanol–water partition coefficient (Wildman–Crippen LogP) is 1.22. The first-order chi connectivity index (χ1) is 4.85. The van der Waals surface area contributed by atoms with Crippen molar-refractivity contribution in [3.05, 3.63) is 0 Å². The van der Waals surface area contributed by atoms with Crippen molar-refractivity contribution in [1.29, 1.82) is 0 Å². The molecule has 0 heterocycles. The number of unbranched alkanes of at least 4 members (excludes halogenated alkanes) is 1. The van der Waals surface area contributed by atoms with Gasteiger partial charge in [-0.3, -0.25) is 4.79 Å². The minimum atomic E-state index is 0.580. The van der Waals surface area contributed by atoms with E-state index in [1.165, 1.54) is 0 Å². The van der Waals surface area contributed by atoms with Gasteiger partial charge in [0, 0.05) is 6.42 Å². The number of carbonyl (C=O) groups excluding carboxylic acids is 1. The fraction of sp³-hybridized carbons (Fsp3) is 0.875. The SMILES string of the molecule is CCN(CC)CCC[C]=O. The molecule has 59 valence electrons. The fourth-order valence-electron chi connectivity index (χ4n) is 0.915. The van der Waals surface area contributed by atoms with Crippen LogP contribution in [0.15, 0.2) is 0 Å². The summed E-state index contributed by atoms with van der Waals surface area (Å²) in [7, 11) is 0. The molecule has 2 nitrogen and oxygen atoms in total. The standard InChI is InChI=1S/C8H16NO/c1-3-9(4-2)7-5-6-8-10/h3-7H2,1-2H3.